The first kappa shape index (κ1) is 28.2. The number of thioether (sulfide) groups is 1. The number of rotatable bonds is 10. The molecular weight excluding hydrogens is 492 g/mol. The van der Waals surface area contributed by atoms with Gasteiger partial charge in [0.1, 0.15) is 17.3 Å². The SMILES string of the molecule is CCOC(=O)[C@H](Cc1ccc(O)cc1)NC(=O)C1(NC(=O)C(SC(C)=O)C(C)C)Cc2ccccc2C1. The van der Waals surface area contributed by atoms with Crippen molar-refractivity contribution in [3.05, 3.63) is 65.2 Å². The third-order valence-electron chi connectivity index (χ3n) is 6.31. The predicted molar refractivity (Wildman–Crippen MR) is 142 cm³/mol. The number of hydrogen-bond acceptors (Lipinski definition) is 7. The number of aromatic hydroxyl groups is 1. The molecule has 0 fully saturated rings. The summed E-state index contributed by atoms with van der Waals surface area (Å²) in [7, 11) is 0. The Bertz CT molecular complexity index is 1120. The lowest BCUT2D eigenvalue weighted by Gasteiger charge is -2.33. The van der Waals surface area contributed by atoms with Crippen LogP contribution in [0.1, 0.15) is 44.4 Å². The maximum Gasteiger partial charge on any atom is 0.328 e. The molecule has 8 nitrogen and oxygen atoms in total. The minimum absolute atomic E-state index is 0.0917. The summed E-state index contributed by atoms with van der Waals surface area (Å²) in [6, 6.07) is 12.9. The van der Waals surface area contributed by atoms with Crippen molar-refractivity contribution in [1.82, 2.24) is 10.6 Å². The highest BCUT2D eigenvalue weighted by molar-refractivity contribution is 8.14. The Kier molecular flexibility index (Phi) is 9.37. The van der Waals surface area contributed by atoms with Gasteiger partial charge in [-0.3, -0.25) is 14.4 Å². The Morgan fingerprint density at radius 1 is 1.03 bits per heavy atom. The van der Waals surface area contributed by atoms with Gasteiger partial charge >= 0.3 is 5.97 Å². The van der Waals surface area contributed by atoms with E-state index in [1.54, 1.807) is 19.1 Å². The summed E-state index contributed by atoms with van der Waals surface area (Å²) in [5.74, 6) is -1.53. The van der Waals surface area contributed by atoms with E-state index < -0.39 is 34.6 Å². The van der Waals surface area contributed by atoms with Crippen LogP contribution in [0.2, 0.25) is 0 Å². The number of esters is 1. The van der Waals surface area contributed by atoms with Crippen LogP contribution in [0.3, 0.4) is 0 Å². The summed E-state index contributed by atoms with van der Waals surface area (Å²) in [4.78, 5) is 51.9. The summed E-state index contributed by atoms with van der Waals surface area (Å²) >= 11 is 0.945. The molecule has 2 atom stereocenters. The van der Waals surface area contributed by atoms with Crippen LogP contribution in [0.25, 0.3) is 0 Å². The molecule has 3 rings (SSSR count). The van der Waals surface area contributed by atoms with Crippen molar-refractivity contribution in [3.63, 3.8) is 0 Å². The first-order valence-corrected chi connectivity index (χ1v) is 13.2. The number of fused-ring (bicyclic) bond motifs is 1. The summed E-state index contributed by atoms with van der Waals surface area (Å²) in [5.41, 5.74) is 1.26. The Morgan fingerprint density at radius 3 is 2.14 bits per heavy atom. The molecule has 2 aromatic rings. The Hall–Kier alpha value is -3.33. The summed E-state index contributed by atoms with van der Waals surface area (Å²) < 4.78 is 5.22. The second-order valence-corrected chi connectivity index (χ2v) is 10.9. The third kappa shape index (κ3) is 7.13. The standard InChI is InChI=1S/C28H34N2O6S/c1-5-36-26(34)23(14-19-10-12-22(32)13-11-19)29-27(35)28(15-20-8-6-7-9-21(20)16-28)30-25(33)24(17(2)3)37-18(4)31/h6-13,17,23-24,32H,5,14-16H2,1-4H3,(H,29,35)(H,30,33)/t23-,24?/m0/s1. The zero-order valence-corrected chi connectivity index (χ0v) is 22.4. The number of phenols is 1. The van der Waals surface area contributed by atoms with Crippen molar-refractivity contribution in [2.24, 2.45) is 5.92 Å². The van der Waals surface area contributed by atoms with E-state index in [2.05, 4.69) is 10.6 Å². The number of nitrogens with one attached hydrogen (secondary N) is 2. The average Bonchev–Trinajstić information content (AvgIpc) is 3.22. The third-order valence-corrected chi connectivity index (χ3v) is 7.65. The molecule has 0 aliphatic heterocycles. The van der Waals surface area contributed by atoms with Crippen LogP contribution in [-0.4, -0.2) is 51.4 Å². The second kappa shape index (κ2) is 12.3. The normalized spacial score (nSPS) is 15.4. The molecule has 0 bridgehead atoms. The minimum Gasteiger partial charge on any atom is -0.508 e. The van der Waals surface area contributed by atoms with E-state index in [1.807, 2.05) is 38.1 Å². The smallest absolute Gasteiger partial charge is 0.328 e. The Labute approximate surface area is 221 Å². The number of phenolic OH excluding ortho intramolecular Hbond substituents is 1. The van der Waals surface area contributed by atoms with Gasteiger partial charge in [-0.05, 0) is 41.7 Å². The molecule has 3 N–H and O–H groups in total. The lowest BCUT2D eigenvalue weighted by molar-refractivity contribution is -0.148. The van der Waals surface area contributed by atoms with Crippen LogP contribution >= 0.6 is 11.8 Å². The van der Waals surface area contributed by atoms with Crippen molar-refractivity contribution < 1.29 is 29.0 Å². The molecule has 0 spiro atoms. The highest BCUT2D eigenvalue weighted by Crippen LogP contribution is 2.32. The van der Waals surface area contributed by atoms with Gasteiger partial charge in [0, 0.05) is 26.2 Å². The van der Waals surface area contributed by atoms with E-state index in [9.17, 15) is 24.3 Å². The maximum atomic E-state index is 13.9. The van der Waals surface area contributed by atoms with E-state index in [1.165, 1.54) is 19.1 Å². The first-order chi connectivity index (χ1) is 17.5. The van der Waals surface area contributed by atoms with Crippen LogP contribution in [0.4, 0.5) is 0 Å². The highest BCUT2D eigenvalue weighted by Gasteiger charge is 2.47. The molecule has 1 aliphatic rings. The van der Waals surface area contributed by atoms with E-state index in [0.29, 0.717) is 0 Å². The maximum absolute atomic E-state index is 13.9. The fourth-order valence-corrected chi connectivity index (χ4v) is 5.29. The summed E-state index contributed by atoms with van der Waals surface area (Å²) in [6.07, 6.45) is 0.659. The number of carbonyl (C=O) groups excluding carboxylic acids is 4. The number of benzene rings is 2. The van der Waals surface area contributed by atoms with Crippen molar-refractivity contribution in [2.45, 2.75) is 63.8 Å². The lowest BCUT2D eigenvalue weighted by Crippen LogP contribution is -2.63. The van der Waals surface area contributed by atoms with E-state index >= 15 is 0 Å². The number of amides is 2. The monoisotopic (exact) mass is 526 g/mol. The molecule has 0 radical (unpaired) electrons. The molecule has 2 amide bonds. The van der Waals surface area contributed by atoms with E-state index in [4.69, 9.17) is 4.74 Å². The van der Waals surface area contributed by atoms with E-state index in [-0.39, 0.29) is 42.7 Å². The summed E-state index contributed by atoms with van der Waals surface area (Å²) in [5, 5.41) is 14.5. The van der Waals surface area contributed by atoms with Gasteiger partial charge in [-0.15, -0.1) is 0 Å². The lowest BCUT2D eigenvalue weighted by atomic mass is 9.92. The van der Waals surface area contributed by atoms with Crippen molar-refractivity contribution in [3.8, 4) is 5.75 Å². The van der Waals surface area contributed by atoms with Crippen LogP contribution in [0.15, 0.2) is 48.5 Å². The van der Waals surface area contributed by atoms with Gasteiger partial charge in [0.25, 0.3) is 0 Å². The highest BCUT2D eigenvalue weighted by atomic mass is 32.2. The molecule has 9 heteroatoms. The van der Waals surface area contributed by atoms with Crippen LogP contribution in [-0.2, 0) is 43.2 Å². The second-order valence-electron chi connectivity index (χ2n) is 9.62. The number of carbonyl (C=O) groups is 4. The Morgan fingerprint density at radius 2 is 1.62 bits per heavy atom. The van der Waals surface area contributed by atoms with Gasteiger partial charge < -0.3 is 20.5 Å². The average molecular weight is 527 g/mol. The topological polar surface area (TPSA) is 122 Å². The number of hydrogen-bond donors (Lipinski definition) is 3. The zero-order valence-electron chi connectivity index (χ0n) is 21.6. The van der Waals surface area contributed by atoms with Crippen LogP contribution < -0.4 is 10.6 Å². The van der Waals surface area contributed by atoms with Gasteiger partial charge in [0.05, 0.1) is 11.9 Å². The number of ether oxygens (including phenoxy) is 1. The largest absolute Gasteiger partial charge is 0.508 e. The van der Waals surface area contributed by atoms with Gasteiger partial charge in [-0.2, -0.15) is 0 Å². The van der Waals surface area contributed by atoms with Crippen molar-refractivity contribution in [1.29, 1.82) is 0 Å². The quantitative estimate of drug-likeness (QED) is 0.407. The van der Waals surface area contributed by atoms with Gasteiger partial charge in [-0.1, -0.05) is 62.0 Å². The summed E-state index contributed by atoms with van der Waals surface area (Å²) in [6.45, 7) is 6.95. The van der Waals surface area contributed by atoms with Crippen LogP contribution in [0, 0.1) is 5.92 Å². The Balaban J connectivity index is 1.91. The molecule has 1 unspecified atom stereocenters. The van der Waals surface area contributed by atoms with Crippen molar-refractivity contribution >= 4 is 34.7 Å². The molecule has 0 saturated heterocycles. The molecule has 2 aromatic carbocycles. The zero-order chi connectivity index (χ0) is 27.2. The fraction of sp³-hybridized carbons (Fsp3) is 0.429. The van der Waals surface area contributed by atoms with E-state index in [0.717, 1.165) is 28.5 Å². The van der Waals surface area contributed by atoms with Gasteiger partial charge in [0.2, 0.25) is 11.8 Å². The predicted octanol–water partition coefficient (Wildman–Crippen LogP) is 2.94. The fourth-order valence-electron chi connectivity index (χ4n) is 4.50. The van der Waals surface area contributed by atoms with Gasteiger partial charge in [0.15, 0.2) is 5.12 Å². The molecule has 0 saturated carbocycles. The first-order valence-electron chi connectivity index (χ1n) is 12.4. The van der Waals surface area contributed by atoms with Crippen molar-refractivity contribution in [2.75, 3.05) is 6.61 Å². The molecule has 1 aliphatic carbocycles. The minimum atomic E-state index is -1.33. The molecule has 37 heavy (non-hydrogen) atoms. The van der Waals surface area contributed by atoms with Crippen LogP contribution in [0.5, 0.6) is 5.75 Å². The molecule has 198 valence electrons. The molecule has 0 heterocycles. The molecule has 0 aromatic heterocycles. The van der Waals surface area contributed by atoms with Gasteiger partial charge in [-0.25, -0.2) is 4.79 Å². The molecular formula is C28H34N2O6S.